The second-order valence-electron chi connectivity index (χ2n) is 3.03. The van der Waals surface area contributed by atoms with Gasteiger partial charge in [-0.15, -0.1) is 0 Å². The molecule has 0 radical (unpaired) electrons. The highest BCUT2D eigenvalue weighted by atomic mass is 79.9. The monoisotopic (exact) mass is 304 g/mol. The Morgan fingerprint density at radius 3 is 2.81 bits per heavy atom. The lowest BCUT2D eigenvalue weighted by Crippen LogP contribution is -2.20. The number of carbonyl (C=O) groups is 1. The molecule has 0 bridgehead atoms. The number of aliphatic carboxylic acids is 1. The van der Waals surface area contributed by atoms with Gasteiger partial charge in [-0.2, -0.15) is 0 Å². The van der Waals surface area contributed by atoms with Crippen molar-refractivity contribution in [1.82, 2.24) is 0 Å². The Hall–Kier alpha value is -1.20. The molecule has 1 N–H and O–H groups in total. The third-order valence-electron chi connectivity index (χ3n) is 1.93. The van der Waals surface area contributed by atoms with Crippen LogP contribution in [0.4, 0.5) is 0 Å². The SMILES string of the molecule is O=C(O)C1OC=C(c2ccc(Br)cc2Cl)O1. The van der Waals surface area contributed by atoms with E-state index in [1.807, 2.05) is 0 Å². The minimum Gasteiger partial charge on any atom is -0.476 e. The van der Waals surface area contributed by atoms with Crippen LogP contribution in [0.5, 0.6) is 0 Å². The van der Waals surface area contributed by atoms with Crippen LogP contribution in [0.15, 0.2) is 28.9 Å². The summed E-state index contributed by atoms with van der Waals surface area (Å²) in [6, 6.07) is 5.18. The van der Waals surface area contributed by atoms with Gasteiger partial charge in [-0.1, -0.05) is 27.5 Å². The Morgan fingerprint density at radius 2 is 2.25 bits per heavy atom. The Balaban J connectivity index is 2.24. The van der Waals surface area contributed by atoms with Gasteiger partial charge in [0.05, 0.1) is 5.02 Å². The summed E-state index contributed by atoms with van der Waals surface area (Å²) in [6.45, 7) is 0. The third kappa shape index (κ3) is 2.15. The Bertz CT molecular complexity index is 472. The predicted octanol–water partition coefficient (Wildman–Crippen LogP) is 2.86. The smallest absolute Gasteiger partial charge is 0.387 e. The molecule has 1 aromatic rings. The summed E-state index contributed by atoms with van der Waals surface area (Å²) >= 11 is 9.25. The van der Waals surface area contributed by atoms with Crippen molar-refractivity contribution in [3.63, 3.8) is 0 Å². The van der Waals surface area contributed by atoms with Crippen molar-refractivity contribution in [3.8, 4) is 0 Å². The average molecular weight is 306 g/mol. The molecule has 2 rings (SSSR count). The van der Waals surface area contributed by atoms with Crippen molar-refractivity contribution in [2.24, 2.45) is 0 Å². The second kappa shape index (κ2) is 4.35. The molecular formula is C10H6BrClO4. The van der Waals surface area contributed by atoms with Crippen LogP contribution in [0.2, 0.25) is 5.02 Å². The number of hydrogen-bond acceptors (Lipinski definition) is 3. The summed E-state index contributed by atoms with van der Waals surface area (Å²) < 4.78 is 10.7. The maximum Gasteiger partial charge on any atom is 0.387 e. The van der Waals surface area contributed by atoms with Gasteiger partial charge in [0.1, 0.15) is 6.26 Å². The van der Waals surface area contributed by atoms with E-state index in [9.17, 15) is 4.79 Å². The van der Waals surface area contributed by atoms with E-state index in [1.54, 1.807) is 18.2 Å². The molecule has 0 aliphatic carbocycles. The lowest BCUT2D eigenvalue weighted by atomic mass is 10.2. The summed E-state index contributed by atoms with van der Waals surface area (Å²) in [5.41, 5.74) is 0.591. The molecule has 1 heterocycles. The highest BCUT2D eigenvalue weighted by Crippen LogP contribution is 2.31. The number of rotatable bonds is 2. The fourth-order valence-corrected chi connectivity index (χ4v) is 1.99. The van der Waals surface area contributed by atoms with Crippen LogP contribution in [-0.2, 0) is 14.3 Å². The van der Waals surface area contributed by atoms with E-state index in [4.69, 9.17) is 26.2 Å². The molecule has 1 atom stereocenters. The normalized spacial score (nSPS) is 18.6. The first-order valence-electron chi connectivity index (χ1n) is 4.28. The van der Waals surface area contributed by atoms with E-state index in [0.29, 0.717) is 16.3 Å². The third-order valence-corrected chi connectivity index (χ3v) is 2.74. The van der Waals surface area contributed by atoms with Gasteiger partial charge in [0.2, 0.25) is 0 Å². The first-order valence-corrected chi connectivity index (χ1v) is 5.45. The molecule has 6 heteroatoms. The summed E-state index contributed by atoms with van der Waals surface area (Å²) in [7, 11) is 0. The molecular weight excluding hydrogens is 299 g/mol. The van der Waals surface area contributed by atoms with Crippen LogP contribution in [-0.4, -0.2) is 17.4 Å². The van der Waals surface area contributed by atoms with Gasteiger partial charge in [0, 0.05) is 10.0 Å². The Morgan fingerprint density at radius 1 is 1.50 bits per heavy atom. The Labute approximate surface area is 105 Å². The van der Waals surface area contributed by atoms with E-state index < -0.39 is 12.3 Å². The Kier molecular flexibility index (Phi) is 3.07. The van der Waals surface area contributed by atoms with E-state index in [0.717, 1.165) is 4.47 Å². The maximum absolute atomic E-state index is 10.6. The number of hydrogen-bond donors (Lipinski definition) is 1. The van der Waals surface area contributed by atoms with Crippen molar-refractivity contribution < 1.29 is 19.4 Å². The van der Waals surface area contributed by atoms with E-state index in [2.05, 4.69) is 15.9 Å². The molecule has 1 unspecified atom stereocenters. The molecule has 0 saturated carbocycles. The number of benzene rings is 1. The van der Waals surface area contributed by atoms with E-state index in [-0.39, 0.29) is 0 Å². The number of carboxylic acids is 1. The van der Waals surface area contributed by atoms with Crippen LogP contribution in [0.1, 0.15) is 5.56 Å². The van der Waals surface area contributed by atoms with E-state index >= 15 is 0 Å². The zero-order chi connectivity index (χ0) is 11.7. The summed E-state index contributed by atoms with van der Waals surface area (Å²) in [5, 5.41) is 9.12. The molecule has 0 saturated heterocycles. The lowest BCUT2D eigenvalue weighted by molar-refractivity contribution is -0.161. The zero-order valence-corrected chi connectivity index (χ0v) is 10.2. The standard InChI is InChI=1S/C10H6BrClO4/c11-5-1-2-6(7(12)3-5)8-4-15-10(16-8)9(13)14/h1-4,10H,(H,13,14). The van der Waals surface area contributed by atoms with Crippen LogP contribution in [0, 0.1) is 0 Å². The van der Waals surface area contributed by atoms with Crippen LogP contribution >= 0.6 is 27.5 Å². The van der Waals surface area contributed by atoms with Crippen LogP contribution in [0.3, 0.4) is 0 Å². The minimum atomic E-state index is -1.30. The number of halogens is 2. The minimum absolute atomic E-state index is 0.310. The number of carboxylic acid groups (broad SMARTS) is 1. The van der Waals surface area contributed by atoms with Gasteiger partial charge in [-0.05, 0) is 18.2 Å². The molecule has 84 valence electrons. The summed E-state index contributed by atoms with van der Waals surface area (Å²) in [5.74, 6) is -0.871. The van der Waals surface area contributed by atoms with Gasteiger partial charge in [0.25, 0.3) is 0 Å². The van der Waals surface area contributed by atoms with Crippen molar-refractivity contribution in [2.45, 2.75) is 6.29 Å². The topological polar surface area (TPSA) is 55.8 Å². The van der Waals surface area contributed by atoms with Gasteiger partial charge >= 0.3 is 12.3 Å². The fourth-order valence-electron chi connectivity index (χ4n) is 1.22. The number of ether oxygens (including phenoxy) is 2. The quantitative estimate of drug-likeness (QED) is 0.913. The second-order valence-corrected chi connectivity index (χ2v) is 4.35. The summed E-state index contributed by atoms with van der Waals surface area (Å²) in [6.07, 6.45) is -0.0526. The molecule has 0 amide bonds. The van der Waals surface area contributed by atoms with Crippen molar-refractivity contribution in [3.05, 3.63) is 39.5 Å². The molecule has 1 aromatic carbocycles. The van der Waals surface area contributed by atoms with Crippen molar-refractivity contribution in [1.29, 1.82) is 0 Å². The van der Waals surface area contributed by atoms with Crippen molar-refractivity contribution in [2.75, 3.05) is 0 Å². The molecule has 1 aliphatic rings. The fraction of sp³-hybridized carbons (Fsp3) is 0.100. The van der Waals surface area contributed by atoms with Gasteiger partial charge in [-0.25, -0.2) is 4.79 Å². The molecule has 1 aliphatic heterocycles. The van der Waals surface area contributed by atoms with Gasteiger partial charge in [-0.3, -0.25) is 0 Å². The maximum atomic E-state index is 10.6. The largest absolute Gasteiger partial charge is 0.476 e. The van der Waals surface area contributed by atoms with Crippen LogP contribution in [0.25, 0.3) is 5.76 Å². The highest BCUT2D eigenvalue weighted by molar-refractivity contribution is 9.10. The molecule has 4 nitrogen and oxygen atoms in total. The zero-order valence-electron chi connectivity index (χ0n) is 7.81. The lowest BCUT2D eigenvalue weighted by Gasteiger charge is -2.08. The molecule has 0 aromatic heterocycles. The summed E-state index contributed by atoms with van der Waals surface area (Å²) in [4.78, 5) is 10.6. The first kappa shape index (κ1) is 11.3. The molecule has 0 spiro atoms. The molecule has 0 fully saturated rings. The molecule has 16 heavy (non-hydrogen) atoms. The highest BCUT2D eigenvalue weighted by Gasteiger charge is 2.28. The van der Waals surface area contributed by atoms with Crippen LogP contribution < -0.4 is 0 Å². The van der Waals surface area contributed by atoms with Gasteiger partial charge in [0.15, 0.2) is 5.76 Å². The predicted molar refractivity (Wildman–Crippen MR) is 60.7 cm³/mol. The van der Waals surface area contributed by atoms with E-state index in [1.165, 1.54) is 6.26 Å². The average Bonchev–Trinajstić information content (AvgIpc) is 2.66. The van der Waals surface area contributed by atoms with Gasteiger partial charge < -0.3 is 14.6 Å². The van der Waals surface area contributed by atoms with Crippen molar-refractivity contribution >= 4 is 39.3 Å². The first-order chi connectivity index (χ1) is 7.58.